The van der Waals surface area contributed by atoms with Gasteiger partial charge in [0.15, 0.2) is 0 Å². The van der Waals surface area contributed by atoms with Crippen LogP contribution < -0.4 is 0 Å². The van der Waals surface area contributed by atoms with Gasteiger partial charge in [-0.05, 0) is 50.0 Å². The number of rotatable bonds is 6. The van der Waals surface area contributed by atoms with Crippen molar-refractivity contribution in [2.24, 2.45) is 11.8 Å². The monoisotopic (exact) mass is 314 g/mol. The standard InChI is InChI=1S/C20H30N2O/c1-16-7-6-12-21(13-16)20(23)15-22(17(2)19-10-11-19)14-18-8-4-3-5-9-18/h3-5,8-9,16-17,19H,6-7,10-15H2,1-2H3. The zero-order chi connectivity index (χ0) is 16.2. The van der Waals surface area contributed by atoms with Crippen LogP contribution in [-0.2, 0) is 11.3 Å². The van der Waals surface area contributed by atoms with Gasteiger partial charge in [-0.2, -0.15) is 0 Å². The van der Waals surface area contributed by atoms with Crippen LogP contribution in [0.4, 0.5) is 0 Å². The van der Waals surface area contributed by atoms with Crippen LogP contribution in [0.5, 0.6) is 0 Å². The van der Waals surface area contributed by atoms with Crippen LogP contribution >= 0.6 is 0 Å². The maximum Gasteiger partial charge on any atom is 0.236 e. The van der Waals surface area contributed by atoms with Gasteiger partial charge in [0, 0.05) is 25.7 Å². The maximum atomic E-state index is 12.8. The first-order valence-corrected chi connectivity index (χ1v) is 9.19. The molecule has 23 heavy (non-hydrogen) atoms. The Morgan fingerprint density at radius 1 is 1.26 bits per heavy atom. The molecule has 3 heteroatoms. The molecule has 1 amide bonds. The van der Waals surface area contributed by atoms with Crippen molar-refractivity contribution in [1.29, 1.82) is 0 Å². The Balaban J connectivity index is 1.64. The number of hydrogen-bond donors (Lipinski definition) is 0. The van der Waals surface area contributed by atoms with Crippen molar-refractivity contribution in [2.75, 3.05) is 19.6 Å². The lowest BCUT2D eigenvalue weighted by Crippen LogP contribution is -2.47. The summed E-state index contributed by atoms with van der Waals surface area (Å²) in [4.78, 5) is 17.3. The highest BCUT2D eigenvalue weighted by molar-refractivity contribution is 5.78. The number of carbonyl (C=O) groups excluding carboxylic acids is 1. The Bertz CT molecular complexity index is 512. The lowest BCUT2D eigenvalue weighted by Gasteiger charge is -2.35. The second-order valence-corrected chi connectivity index (χ2v) is 7.56. The van der Waals surface area contributed by atoms with Gasteiger partial charge in [-0.1, -0.05) is 37.3 Å². The molecule has 1 aliphatic carbocycles. The van der Waals surface area contributed by atoms with Crippen LogP contribution in [0, 0.1) is 11.8 Å². The van der Waals surface area contributed by atoms with E-state index in [0.717, 1.165) is 32.0 Å². The quantitative estimate of drug-likeness (QED) is 0.802. The summed E-state index contributed by atoms with van der Waals surface area (Å²) in [6, 6.07) is 11.1. The predicted octanol–water partition coefficient (Wildman–Crippen LogP) is 3.55. The minimum atomic E-state index is 0.319. The van der Waals surface area contributed by atoms with Crippen molar-refractivity contribution in [3.8, 4) is 0 Å². The highest BCUT2D eigenvalue weighted by Crippen LogP contribution is 2.35. The Morgan fingerprint density at radius 2 is 2.00 bits per heavy atom. The number of benzene rings is 1. The first-order chi connectivity index (χ1) is 11.1. The van der Waals surface area contributed by atoms with Gasteiger partial charge in [-0.25, -0.2) is 0 Å². The highest BCUT2D eigenvalue weighted by Gasteiger charge is 2.33. The van der Waals surface area contributed by atoms with Crippen molar-refractivity contribution in [2.45, 2.75) is 52.1 Å². The van der Waals surface area contributed by atoms with Gasteiger partial charge < -0.3 is 4.90 Å². The number of nitrogens with zero attached hydrogens (tertiary/aromatic N) is 2. The Hall–Kier alpha value is -1.35. The number of carbonyl (C=O) groups is 1. The van der Waals surface area contributed by atoms with Gasteiger partial charge in [0.2, 0.25) is 5.91 Å². The molecule has 0 spiro atoms. The molecule has 1 saturated heterocycles. The van der Waals surface area contributed by atoms with Gasteiger partial charge in [-0.15, -0.1) is 0 Å². The second-order valence-electron chi connectivity index (χ2n) is 7.56. The van der Waals surface area contributed by atoms with Gasteiger partial charge >= 0.3 is 0 Å². The zero-order valence-electron chi connectivity index (χ0n) is 14.6. The summed E-state index contributed by atoms with van der Waals surface area (Å²) in [6.07, 6.45) is 5.06. The van der Waals surface area contributed by atoms with E-state index >= 15 is 0 Å². The lowest BCUT2D eigenvalue weighted by atomic mass is 10.0. The summed E-state index contributed by atoms with van der Waals surface area (Å²) in [7, 11) is 0. The van der Waals surface area contributed by atoms with E-state index in [0.29, 0.717) is 24.4 Å². The van der Waals surface area contributed by atoms with Gasteiger partial charge in [0.05, 0.1) is 6.54 Å². The van der Waals surface area contributed by atoms with Crippen molar-refractivity contribution >= 4 is 5.91 Å². The maximum absolute atomic E-state index is 12.8. The van der Waals surface area contributed by atoms with Crippen LogP contribution in [0.15, 0.2) is 30.3 Å². The van der Waals surface area contributed by atoms with Crippen molar-refractivity contribution in [1.82, 2.24) is 9.80 Å². The fourth-order valence-electron chi connectivity index (χ4n) is 3.73. The van der Waals surface area contributed by atoms with E-state index in [4.69, 9.17) is 0 Å². The normalized spacial score (nSPS) is 23.1. The number of amides is 1. The van der Waals surface area contributed by atoms with Crippen LogP contribution in [0.2, 0.25) is 0 Å². The summed E-state index contributed by atoms with van der Waals surface area (Å²) in [6.45, 7) is 7.89. The van der Waals surface area contributed by atoms with Crippen LogP contribution in [0.25, 0.3) is 0 Å². The highest BCUT2D eigenvalue weighted by atomic mass is 16.2. The molecule has 0 N–H and O–H groups in total. The van der Waals surface area contributed by atoms with Gasteiger partial charge in [-0.3, -0.25) is 9.69 Å². The molecule has 1 heterocycles. The third-order valence-corrected chi connectivity index (χ3v) is 5.46. The molecule has 2 fully saturated rings. The molecule has 0 radical (unpaired) electrons. The number of likely N-dealkylation sites (tertiary alicyclic amines) is 1. The van der Waals surface area contributed by atoms with E-state index in [1.165, 1.54) is 24.8 Å². The molecule has 2 aliphatic rings. The van der Waals surface area contributed by atoms with Crippen LogP contribution in [0.1, 0.15) is 45.1 Å². The second kappa shape index (κ2) is 7.48. The first-order valence-electron chi connectivity index (χ1n) is 9.19. The van der Waals surface area contributed by atoms with Crippen molar-refractivity contribution in [3.05, 3.63) is 35.9 Å². The fraction of sp³-hybridized carbons (Fsp3) is 0.650. The predicted molar refractivity (Wildman–Crippen MR) is 94.0 cm³/mol. The molecular formula is C20H30N2O. The Kier molecular flexibility index (Phi) is 5.37. The zero-order valence-corrected chi connectivity index (χ0v) is 14.6. The third-order valence-electron chi connectivity index (χ3n) is 5.46. The summed E-state index contributed by atoms with van der Waals surface area (Å²) < 4.78 is 0. The SMILES string of the molecule is CC1CCCN(C(=O)CN(Cc2ccccc2)C(C)C2CC2)C1. The molecule has 2 unspecified atom stereocenters. The van der Waals surface area contributed by atoms with E-state index in [-0.39, 0.29) is 0 Å². The third kappa shape index (κ3) is 4.57. The Morgan fingerprint density at radius 3 is 2.65 bits per heavy atom. The molecule has 3 nitrogen and oxygen atoms in total. The van der Waals surface area contributed by atoms with Crippen molar-refractivity contribution < 1.29 is 4.79 Å². The molecule has 1 aromatic rings. The molecule has 2 atom stereocenters. The van der Waals surface area contributed by atoms with E-state index in [2.05, 4.69) is 54.0 Å². The minimum absolute atomic E-state index is 0.319. The van der Waals surface area contributed by atoms with E-state index in [9.17, 15) is 4.79 Å². The van der Waals surface area contributed by atoms with Gasteiger partial charge in [0.1, 0.15) is 0 Å². The first kappa shape index (κ1) is 16.5. The molecule has 1 aromatic carbocycles. The topological polar surface area (TPSA) is 23.6 Å². The summed E-state index contributed by atoms with van der Waals surface area (Å²) in [5.41, 5.74) is 1.31. The average Bonchev–Trinajstić information content (AvgIpc) is 3.39. The van der Waals surface area contributed by atoms with Gasteiger partial charge in [0.25, 0.3) is 0 Å². The lowest BCUT2D eigenvalue weighted by molar-refractivity contribution is -0.134. The summed E-state index contributed by atoms with van der Waals surface area (Å²) >= 11 is 0. The van der Waals surface area contributed by atoms with E-state index in [1.54, 1.807) is 0 Å². The van der Waals surface area contributed by atoms with Crippen LogP contribution in [0.3, 0.4) is 0 Å². The Labute approximate surface area is 140 Å². The number of piperidine rings is 1. The van der Waals surface area contributed by atoms with E-state index in [1.807, 2.05) is 0 Å². The molecule has 126 valence electrons. The summed E-state index contributed by atoms with van der Waals surface area (Å²) in [5, 5.41) is 0. The fourth-order valence-corrected chi connectivity index (χ4v) is 3.73. The number of hydrogen-bond acceptors (Lipinski definition) is 2. The molecule has 1 aliphatic heterocycles. The minimum Gasteiger partial charge on any atom is -0.341 e. The average molecular weight is 314 g/mol. The largest absolute Gasteiger partial charge is 0.341 e. The molecular weight excluding hydrogens is 284 g/mol. The van der Waals surface area contributed by atoms with E-state index < -0.39 is 0 Å². The molecule has 0 bridgehead atoms. The molecule has 0 aromatic heterocycles. The van der Waals surface area contributed by atoms with Crippen molar-refractivity contribution in [3.63, 3.8) is 0 Å². The molecule has 3 rings (SSSR count). The summed E-state index contributed by atoms with van der Waals surface area (Å²) in [5.74, 6) is 1.75. The smallest absolute Gasteiger partial charge is 0.236 e. The molecule has 1 saturated carbocycles. The van der Waals surface area contributed by atoms with Crippen LogP contribution in [-0.4, -0.2) is 41.4 Å².